The van der Waals surface area contributed by atoms with Gasteiger partial charge in [-0.15, -0.1) is 0 Å². The van der Waals surface area contributed by atoms with Crippen LogP contribution in [0.2, 0.25) is 0 Å². The van der Waals surface area contributed by atoms with Crippen LogP contribution in [0.3, 0.4) is 0 Å². The Morgan fingerprint density at radius 2 is 2.00 bits per heavy atom. The summed E-state index contributed by atoms with van der Waals surface area (Å²) in [7, 11) is -2.07. The Kier molecular flexibility index (Phi) is 3.14. The van der Waals surface area contributed by atoms with Crippen molar-refractivity contribution in [2.24, 2.45) is 0 Å². The third kappa shape index (κ3) is 2.32. The lowest BCUT2D eigenvalue weighted by molar-refractivity contribution is 0.388. The molecule has 56 valence electrons. The number of hydrogen-bond acceptors (Lipinski definition) is 3. The van der Waals surface area contributed by atoms with Crippen molar-refractivity contribution in [1.82, 2.24) is 0 Å². The van der Waals surface area contributed by atoms with Crippen molar-refractivity contribution in [2.75, 3.05) is 7.11 Å². The van der Waals surface area contributed by atoms with Crippen molar-refractivity contribution >= 4 is 10.1 Å². The van der Waals surface area contributed by atoms with E-state index in [2.05, 4.69) is 4.18 Å². The summed E-state index contributed by atoms with van der Waals surface area (Å²) in [4.78, 5) is 0. The Balaban J connectivity index is 4.17. The first-order chi connectivity index (χ1) is 4.04. The van der Waals surface area contributed by atoms with Gasteiger partial charge in [0, 0.05) is 0 Å². The van der Waals surface area contributed by atoms with Crippen LogP contribution >= 0.6 is 0 Å². The molecule has 0 aromatic rings. The summed E-state index contributed by atoms with van der Waals surface area (Å²) in [5.41, 5.74) is 0. The van der Waals surface area contributed by atoms with E-state index in [1.54, 1.807) is 13.8 Å². The van der Waals surface area contributed by atoms with Crippen LogP contribution in [0.1, 0.15) is 20.3 Å². The average molecular weight is 152 g/mol. The SMILES string of the molecule is CCC(C)S(=O)(=O)OC. The quantitative estimate of drug-likeness (QED) is 0.561. The smallest absolute Gasteiger partial charge is 0.269 e. The summed E-state index contributed by atoms with van der Waals surface area (Å²) in [6.45, 7) is 3.43. The molecule has 0 rings (SSSR count). The fourth-order valence-electron chi connectivity index (χ4n) is 0.368. The fourth-order valence-corrected chi connectivity index (χ4v) is 1.11. The van der Waals surface area contributed by atoms with Crippen LogP contribution in [0.4, 0.5) is 0 Å². The van der Waals surface area contributed by atoms with E-state index in [4.69, 9.17) is 0 Å². The van der Waals surface area contributed by atoms with Crippen LogP contribution in [-0.4, -0.2) is 20.8 Å². The van der Waals surface area contributed by atoms with Gasteiger partial charge in [-0.2, -0.15) is 8.42 Å². The fraction of sp³-hybridized carbons (Fsp3) is 1.00. The van der Waals surface area contributed by atoms with Gasteiger partial charge in [0.25, 0.3) is 10.1 Å². The van der Waals surface area contributed by atoms with Crippen molar-refractivity contribution in [3.63, 3.8) is 0 Å². The molecule has 9 heavy (non-hydrogen) atoms. The standard InChI is InChI=1S/C5H12O3S/c1-4-5(2)9(6,7)8-3/h5H,4H2,1-3H3. The van der Waals surface area contributed by atoms with E-state index >= 15 is 0 Å². The monoisotopic (exact) mass is 152 g/mol. The minimum Gasteiger partial charge on any atom is -0.273 e. The minimum absolute atomic E-state index is 0.387. The van der Waals surface area contributed by atoms with Crippen LogP contribution in [-0.2, 0) is 14.3 Å². The molecule has 0 saturated heterocycles. The zero-order valence-electron chi connectivity index (χ0n) is 5.92. The van der Waals surface area contributed by atoms with Crippen molar-refractivity contribution in [3.05, 3.63) is 0 Å². The third-order valence-electron chi connectivity index (χ3n) is 1.30. The van der Waals surface area contributed by atoms with Gasteiger partial charge in [-0.1, -0.05) is 6.92 Å². The van der Waals surface area contributed by atoms with Crippen LogP contribution in [0, 0.1) is 0 Å². The predicted molar refractivity (Wildman–Crippen MR) is 35.7 cm³/mol. The maximum Gasteiger partial charge on any atom is 0.269 e. The molecule has 1 atom stereocenters. The van der Waals surface area contributed by atoms with E-state index < -0.39 is 10.1 Å². The predicted octanol–water partition coefficient (Wildman–Crippen LogP) is 0.761. The van der Waals surface area contributed by atoms with Gasteiger partial charge in [0.2, 0.25) is 0 Å². The zero-order chi connectivity index (χ0) is 7.49. The topological polar surface area (TPSA) is 43.4 Å². The summed E-state index contributed by atoms with van der Waals surface area (Å²) in [5, 5.41) is -0.387. The van der Waals surface area contributed by atoms with Gasteiger partial charge in [-0.3, -0.25) is 4.18 Å². The third-order valence-corrected chi connectivity index (χ3v) is 3.08. The second kappa shape index (κ2) is 3.17. The first-order valence-electron chi connectivity index (χ1n) is 2.84. The molecule has 0 aromatic carbocycles. The molecular formula is C5H12O3S. The highest BCUT2D eigenvalue weighted by atomic mass is 32.2. The average Bonchev–Trinajstić information content (AvgIpc) is 1.86. The minimum atomic E-state index is -3.25. The molecule has 0 radical (unpaired) electrons. The summed E-state index contributed by atoms with van der Waals surface area (Å²) < 4.78 is 25.7. The van der Waals surface area contributed by atoms with Gasteiger partial charge >= 0.3 is 0 Å². The van der Waals surface area contributed by atoms with Gasteiger partial charge in [0.1, 0.15) is 0 Å². The second-order valence-corrected chi connectivity index (χ2v) is 4.00. The largest absolute Gasteiger partial charge is 0.273 e. The Hall–Kier alpha value is -0.0900. The normalized spacial score (nSPS) is 15.4. The Morgan fingerprint density at radius 1 is 1.56 bits per heavy atom. The maximum absolute atomic E-state index is 10.7. The van der Waals surface area contributed by atoms with E-state index in [-0.39, 0.29) is 5.25 Å². The highest BCUT2D eigenvalue weighted by Crippen LogP contribution is 2.04. The van der Waals surface area contributed by atoms with E-state index in [0.29, 0.717) is 6.42 Å². The maximum atomic E-state index is 10.7. The molecule has 4 heteroatoms. The zero-order valence-corrected chi connectivity index (χ0v) is 6.73. The summed E-state index contributed by atoms with van der Waals surface area (Å²) in [6.07, 6.45) is 0.593. The Morgan fingerprint density at radius 3 is 2.11 bits per heavy atom. The molecule has 0 heterocycles. The van der Waals surface area contributed by atoms with Crippen LogP contribution in [0.15, 0.2) is 0 Å². The van der Waals surface area contributed by atoms with E-state index in [0.717, 1.165) is 0 Å². The van der Waals surface area contributed by atoms with E-state index in [1.807, 2.05) is 0 Å². The van der Waals surface area contributed by atoms with Crippen molar-refractivity contribution in [1.29, 1.82) is 0 Å². The van der Waals surface area contributed by atoms with Gasteiger partial charge in [-0.25, -0.2) is 0 Å². The number of hydrogen-bond donors (Lipinski definition) is 0. The molecular weight excluding hydrogens is 140 g/mol. The highest BCUT2D eigenvalue weighted by molar-refractivity contribution is 7.87. The van der Waals surface area contributed by atoms with E-state index in [1.165, 1.54) is 7.11 Å². The lowest BCUT2D eigenvalue weighted by Gasteiger charge is -2.05. The molecule has 0 bridgehead atoms. The molecule has 1 unspecified atom stereocenters. The second-order valence-electron chi connectivity index (χ2n) is 1.88. The van der Waals surface area contributed by atoms with Crippen molar-refractivity contribution < 1.29 is 12.6 Å². The molecule has 0 fully saturated rings. The van der Waals surface area contributed by atoms with Gasteiger partial charge in [0.15, 0.2) is 0 Å². The Bertz CT molecular complexity index is 159. The van der Waals surface area contributed by atoms with Crippen molar-refractivity contribution in [2.45, 2.75) is 25.5 Å². The summed E-state index contributed by atoms with van der Waals surface area (Å²) in [6, 6.07) is 0. The van der Waals surface area contributed by atoms with Crippen molar-refractivity contribution in [3.8, 4) is 0 Å². The molecule has 3 nitrogen and oxygen atoms in total. The first-order valence-corrected chi connectivity index (χ1v) is 4.31. The van der Waals surface area contributed by atoms with Crippen LogP contribution in [0.5, 0.6) is 0 Å². The van der Waals surface area contributed by atoms with Gasteiger partial charge in [0.05, 0.1) is 12.4 Å². The van der Waals surface area contributed by atoms with Crippen LogP contribution < -0.4 is 0 Å². The molecule has 0 aromatic heterocycles. The molecule has 0 amide bonds. The van der Waals surface area contributed by atoms with E-state index in [9.17, 15) is 8.42 Å². The molecule has 0 N–H and O–H groups in total. The summed E-state index contributed by atoms with van der Waals surface area (Å²) >= 11 is 0. The van der Waals surface area contributed by atoms with Gasteiger partial charge in [-0.05, 0) is 13.3 Å². The molecule has 0 spiro atoms. The molecule has 0 aliphatic carbocycles. The molecule has 0 aliphatic rings. The molecule has 0 saturated carbocycles. The lowest BCUT2D eigenvalue weighted by Crippen LogP contribution is -2.17. The first kappa shape index (κ1) is 8.91. The van der Waals surface area contributed by atoms with Gasteiger partial charge < -0.3 is 0 Å². The van der Waals surface area contributed by atoms with Crippen LogP contribution in [0.25, 0.3) is 0 Å². The Labute approximate surface area is 56.1 Å². The lowest BCUT2D eigenvalue weighted by atomic mass is 10.4. The summed E-state index contributed by atoms with van der Waals surface area (Å²) in [5.74, 6) is 0. The highest BCUT2D eigenvalue weighted by Gasteiger charge is 2.16. The molecule has 0 aliphatic heterocycles. The number of rotatable bonds is 3.